The summed E-state index contributed by atoms with van der Waals surface area (Å²) in [4.78, 5) is 41.9. The highest BCUT2D eigenvalue weighted by molar-refractivity contribution is 5.99. The van der Waals surface area contributed by atoms with Crippen LogP contribution in [0.25, 0.3) is 10.9 Å². The zero-order valence-corrected chi connectivity index (χ0v) is 17.7. The second-order valence-corrected chi connectivity index (χ2v) is 7.48. The van der Waals surface area contributed by atoms with Gasteiger partial charge < -0.3 is 14.4 Å². The number of nitrogens with zero attached hydrogens (tertiary/aromatic N) is 3. The second kappa shape index (κ2) is 8.62. The Morgan fingerprint density at radius 3 is 2.75 bits per heavy atom. The summed E-state index contributed by atoms with van der Waals surface area (Å²) in [5.41, 5.74) is 2.79. The number of aromatic nitrogens is 1. The van der Waals surface area contributed by atoms with Gasteiger partial charge in [-0.25, -0.2) is 4.79 Å². The summed E-state index contributed by atoms with van der Waals surface area (Å²) in [5.74, 6) is -0.358. The minimum atomic E-state index is -0.637. The third-order valence-electron chi connectivity index (χ3n) is 5.46. The summed E-state index contributed by atoms with van der Waals surface area (Å²) in [6.07, 6.45) is 1.32. The van der Waals surface area contributed by atoms with Crippen LogP contribution in [-0.2, 0) is 16.0 Å². The van der Waals surface area contributed by atoms with Crippen molar-refractivity contribution in [1.82, 2.24) is 4.98 Å². The van der Waals surface area contributed by atoms with E-state index in [1.165, 1.54) is 17.0 Å². The van der Waals surface area contributed by atoms with Gasteiger partial charge in [-0.15, -0.1) is 0 Å². The molecule has 1 aliphatic rings. The first-order valence-electron chi connectivity index (χ1n) is 10.1. The van der Waals surface area contributed by atoms with E-state index < -0.39 is 17.5 Å². The summed E-state index contributed by atoms with van der Waals surface area (Å²) in [6, 6.07) is 11.5. The molecule has 164 valence electrons. The van der Waals surface area contributed by atoms with Gasteiger partial charge in [0, 0.05) is 35.8 Å². The maximum absolute atomic E-state index is 12.8. The summed E-state index contributed by atoms with van der Waals surface area (Å²) in [6.45, 7) is 1.72. The van der Waals surface area contributed by atoms with Crippen molar-refractivity contribution < 1.29 is 24.0 Å². The Balaban J connectivity index is 1.48. The van der Waals surface area contributed by atoms with Crippen molar-refractivity contribution >= 4 is 34.2 Å². The highest BCUT2D eigenvalue weighted by atomic mass is 16.6. The molecule has 0 fully saturated rings. The molecule has 9 heteroatoms. The summed E-state index contributed by atoms with van der Waals surface area (Å²) >= 11 is 0. The van der Waals surface area contributed by atoms with Crippen LogP contribution in [0.2, 0.25) is 0 Å². The van der Waals surface area contributed by atoms with Gasteiger partial charge in [-0.1, -0.05) is 0 Å². The number of fused-ring (bicyclic) bond motifs is 2. The first-order chi connectivity index (χ1) is 15.4. The van der Waals surface area contributed by atoms with Crippen molar-refractivity contribution in [2.75, 3.05) is 25.2 Å². The van der Waals surface area contributed by atoms with Gasteiger partial charge in [0.05, 0.1) is 28.8 Å². The average molecular weight is 435 g/mol. The number of amides is 1. The van der Waals surface area contributed by atoms with E-state index >= 15 is 0 Å². The molecule has 1 aromatic heterocycles. The van der Waals surface area contributed by atoms with Crippen molar-refractivity contribution in [2.45, 2.75) is 19.8 Å². The molecule has 0 N–H and O–H groups in total. The summed E-state index contributed by atoms with van der Waals surface area (Å²) < 4.78 is 10.5. The molecule has 0 atom stereocenters. The number of methoxy groups -OCH3 is 1. The van der Waals surface area contributed by atoms with Gasteiger partial charge in [0.25, 0.3) is 11.6 Å². The third kappa shape index (κ3) is 4.09. The molecule has 32 heavy (non-hydrogen) atoms. The number of benzene rings is 2. The number of hydrogen-bond acceptors (Lipinski definition) is 7. The number of nitro benzene ring substituents is 1. The van der Waals surface area contributed by atoms with E-state index in [1.54, 1.807) is 44.4 Å². The molecule has 0 bridgehead atoms. The van der Waals surface area contributed by atoms with Gasteiger partial charge in [0.2, 0.25) is 0 Å². The van der Waals surface area contributed by atoms with E-state index in [1.807, 2.05) is 0 Å². The first kappa shape index (κ1) is 21.2. The van der Waals surface area contributed by atoms with Crippen LogP contribution in [0.3, 0.4) is 0 Å². The fraction of sp³-hybridized carbons (Fsp3) is 0.261. The molecular formula is C23H21N3O6. The number of carbonyl (C=O) groups is 2. The SMILES string of the molecule is COc1ccc2cc(C(=O)OCC(=O)N3CCCc4cc([N+](=O)[O-])ccc43)c(C)nc2c1. The van der Waals surface area contributed by atoms with Gasteiger partial charge >= 0.3 is 5.97 Å². The van der Waals surface area contributed by atoms with E-state index in [4.69, 9.17) is 9.47 Å². The number of aryl methyl sites for hydroxylation is 2. The number of ether oxygens (including phenoxy) is 2. The minimum Gasteiger partial charge on any atom is -0.497 e. The van der Waals surface area contributed by atoms with Crippen LogP contribution in [0.15, 0.2) is 42.5 Å². The Kier molecular flexibility index (Phi) is 5.72. The largest absolute Gasteiger partial charge is 0.497 e. The molecule has 3 aromatic rings. The monoisotopic (exact) mass is 435 g/mol. The summed E-state index contributed by atoms with van der Waals surface area (Å²) in [5, 5.41) is 11.8. The van der Waals surface area contributed by atoms with Crippen molar-refractivity contribution in [3.63, 3.8) is 0 Å². The minimum absolute atomic E-state index is 0.0126. The molecule has 2 aromatic carbocycles. The fourth-order valence-electron chi connectivity index (χ4n) is 3.82. The lowest BCUT2D eigenvalue weighted by atomic mass is 10.0. The molecule has 2 heterocycles. The van der Waals surface area contributed by atoms with Crippen LogP contribution in [0.1, 0.15) is 28.0 Å². The Morgan fingerprint density at radius 2 is 2.00 bits per heavy atom. The smallest absolute Gasteiger partial charge is 0.340 e. The lowest BCUT2D eigenvalue weighted by Crippen LogP contribution is -2.38. The Hall–Kier alpha value is -4.01. The number of carbonyl (C=O) groups excluding carboxylic acids is 2. The molecule has 1 aliphatic heterocycles. The van der Waals surface area contributed by atoms with Crippen molar-refractivity contribution in [3.05, 3.63) is 69.4 Å². The van der Waals surface area contributed by atoms with Crippen LogP contribution in [0.5, 0.6) is 5.75 Å². The molecule has 0 saturated carbocycles. The molecular weight excluding hydrogens is 414 g/mol. The van der Waals surface area contributed by atoms with Crippen molar-refractivity contribution in [1.29, 1.82) is 0 Å². The lowest BCUT2D eigenvalue weighted by Gasteiger charge is -2.29. The van der Waals surface area contributed by atoms with E-state index in [0.717, 1.165) is 10.9 Å². The van der Waals surface area contributed by atoms with Gasteiger partial charge in [0.1, 0.15) is 5.75 Å². The molecule has 0 saturated heterocycles. The quantitative estimate of drug-likeness (QED) is 0.342. The maximum atomic E-state index is 12.8. The predicted molar refractivity (Wildman–Crippen MR) is 117 cm³/mol. The third-order valence-corrected chi connectivity index (χ3v) is 5.46. The number of esters is 1. The van der Waals surface area contributed by atoms with Gasteiger partial charge in [-0.05, 0) is 49.6 Å². The van der Waals surface area contributed by atoms with E-state index in [0.29, 0.717) is 42.0 Å². The van der Waals surface area contributed by atoms with Crippen molar-refractivity contribution in [3.8, 4) is 5.75 Å². The van der Waals surface area contributed by atoms with E-state index in [9.17, 15) is 19.7 Å². The zero-order valence-electron chi connectivity index (χ0n) is 17.7. The standard InChI is InChI=1S/C23H21N3O6/c1-14-19(11-15-5-7-18(31-2)12-20(15)24-14)23(28)32-13-22(27)25-9-3-4-16-10-17(26(29)30)6-8-21(16)25/h5-8,10-12H,3-4,9,13H2,1-2H3. The Labute approximate surface area is 183 Å². The number of pyridine rings is 1. The zero-order chi connectivity index (χ0) is 22.8. The lowest BCUT2D eigenvalue weighted by molar-refractivity contribution is -0.384. The van der Waals surface area contributed by atoms with Crippen LogP contribution in [-0.4, -0.2) is 42.0 Å². The summed E-state index contributed by atoms with van der Waals surface area (Å²) in [7, 11) is 1.57. The average Bonchev–Trinajstić information content (AvgIpc) is 2.80. The van der Waals surface area contributed by atoms with Crippen LogP contribution < -0.4 is 9.64 Å². The normalized spacial score (nSPS) is 12.9. The molecule has 4 rings (SSSR count). The molecule has 1 amide bonds. The van der Waals surface area contributed by atoms with Crippen LogP contribution in [0.4, 0.5) is 11.4 Å². The predicted octanol–water partition coefficient (Wildman–Crippen LogP) is 3.60. The number of non-ortho nitro benzene ring substituents is 1. The highest BCUT2D eigenvalue weighted by Gasteiger charge is 2.25. The Bertz CT molecular complexity index is 1240. The Morgan fingerprint density at radius 1 is 1.19 bits per heavy atom. The number of anilines is 1. The number of rotatable bonds is 5. The van der Waals surface area contributed by atoms with Crippen molar-refractivity contribution in [2.24, 2.45) is 0 Å². The van der Waals surface area contributed by atoms with E-state index in [2.05, 4.69) is 4.98 Å². The van der Waals surface area contributed by atoms with Gasteiger partial charge in [-0.2, -0.15) is 0 Å². The topological polar surface area (TPSA) is 112 Å². The van der Waals surface area contributed by atoms with Crippen LogP contribution in [0, 0.1) is 17.0 Å². The molecule has 9 nitrogen and oxygen atoms in total. The molecule has 0 aliphatic carbocycles. The number of hydrogen-bond donors (Lipinski definition) is 0. The van der Waals surface area contributed by atoms with Crippen LogP contribution >= 0.6 is 0 Å². The van der Waals surface area contributed by atoms with Gasteiger partial charge in [-0.3, -0.25) is 19.9 Å². The second-order valence-electron chi connectivity index (χ2n) is 7.48. The fourth-order valence-corrected chi connectivity index (χ4v) is 3.82. The molecule has 0 radical (unpaired) electrons. The van der Waals surface area contributed by atoms with E-state index in [-0.39, 0.29) is 17.2 Å². The highest BCUT2D eigenvalue weighted by Crippen LogP contribution is 2.30. The number of nitro groups is 1. The first-order valence-corrected chi connectivity index (χ1v) is 10.1. The maximum Gasteiger partial charge on any atom is 0.340 e. The molecule has 0 spiro atoms. The molecule has 0 unspecified atom stereocenters. The van der Waals surface area contributed by atoms with Gasteiger partial charge in [0.15, 0.2) is 6.61 Å².